The largest absolute Gasteiger partial charge is 0.466 e. The summed E-state index contributed by atoms with van der Waals surface area (Å²) < 4.78 is 42.4. The number of carbonyl (C=O) groups excluding carboxylic acids is 6. The number of rotatable bonds is 105. The minimum Gasteiger partial charge on any atom is -0.462 e. The van der Waals surface area contributed by atoms with Crippen LogP contribution in [0.1, 0.15) is 581 Å². The van der Waals surface area contributed by atoms with Gasteiger partial charge in [-0.05, 0) is 235 Å². The highest BCUT2D eigenvalue weighted by atomic mass is 31.2. The maximum Gasteiger partial charge on any atom is 0.466 e. The van der Waals surface area contributed by atoms with Crippen LogP contribution in [0.5, 0.6) is 0 Å². The van der Waals surface area contributed by atoms with Crippen LogP contribution in [-0.2, 0) is 61.8 Å². The fraction of sp³-hybridized carbons (Fsp3) is 0.854. The molecule has 0 amide bonds. The lowest BCUT2D eigenvalue weighted by molar-refractivity contribution is -0.160. The smallest absolute Gasteiger partial charge is 0.462 e. The van der Waals surface area contributed by atoms with E-state index in [9.17, 15) is 28.8 Å². The van der Waals surface area contributed by atoms with Gasteiger partial charge in [-0.15, -0.1) is 0 Å². The Balaban J connectivity index is -0.000000987. The molecule has 0 aromatic rings. The zero-order chi connectivity index (χ0) is 106. The molecular formula is C123H234N3O16P. The molecule has 842 valence electrons. The van der Waals surface area contributed by atoms with Crippen LogP contribution in [0.4, 0.5) is 0 Å². The Morgan fingerprint density at radius 1 is 0.196 bits per heavy atom. The van der Waals surface area contributed by atoms with Gasteiger partial charge in [0, 0.05) is 58.2 Å². The first-order valence-corrected chi connectivity index (χ1v) is 61.7. The highest BCUT2D eigenvalue weighted by Crippen LogP contribution is 2.26. The molecule has 0 rings (SSSR count). The molecule has 19 nitrogen and oxygen atoms in total. The summed E-state index contributed by atoms with van der Waals surface area (Å²) in [5.74, 6) is -1.10. The third-order valence-electron chi connectivity index (χ3n) is 25.7. The van der Waals surface area contributed by atoms with Gasteiger partial charge in [-0.3, -0.25) is 28.8 Å². The Morgan fingerprint density at radius 2 is 0.308 bits per heavy atom. The number of ether oxygens (including phenoxy) is 6. The summed E-state index contributed by atoms with van der Waals surface area (Å²) in [6, 6.07) is 0. The molecule has 0 radical (unpaired) electrons. The summed E-state index contributed by atoms with van der Waals surface area (Å²) in [5.41, 5.74) is 0. The predicted molar refractivity (Wildman–Crippen MR) is 609 cm³/mol. The van der Waals surface area contributed by atoms with Crippen molar-refractivity contribution in [1.82, 2.24) is 14.7 Å². The second kappa shape index (κ2) is 121. The zero-order valence-electron chi connectivity index (χ0n) is 95.7. The molecule has 0 spiro atoms. The third-order valence-corrected chi connectivity index (χ3v) is 25.7. The lowest BCUT2D eigenvalue weighted by atomic mass is 10.1. The third kappa shape index (κ3) is 135. The van der Waals surface area contributed by atoms with E-state index in [4.69, 9.17) is 47.7 Å². The van der Waals surface area contributed by atoms with Gasteiger partial charge < -0.3 is 57.8 Å². The van der Waals surface area contributed by atoms with E-state index in [1.165, 1.54) is 385 Å². The number of esters is 6. The molecular weight excluding hydrogens is 1810 g/mol. The van der Waals surface area contributed by atoms with Gasteiger partial charge in [0.05, 0.1) is 0 Å². The summed E-state index contributed by atoms with van der Waals surface area (Å²) in [6.07, 6.45) is 126. The predicted octanol–water partition coefficient (Wildman–Crippen LogP) is 35.3. The summed E-state index contributed by atoms with van der Waals surface area (Å²) >= 11 is 0. The van der Waals surface area contributed by atoms with E-state index in [0.717, 1.165) is 116 Å². The molecule has 3 N–H and O–H groups in total. The van der Waals surface area contributed by atoms with Crippen LogP contribution < -0.4 is 0 Å². The Morgan fingerprint density at radius 3 is 0.434 bits per heavy atom. The highest BCUT2D eigenvalue weighted by Gasteiger charge is 2.22. The Hall–Kier alpha value is -4.75. The number of hydrogen-bond donors (Lipinski definition) is 3. The Labute approximate surface area is 883 Å². The number of allylic oxidation sites excluding steroid dienone is 12. The second-order valence-corrected chi connectivity index (χ2v) is 42.7. The van der Waals surface area contributed by atoms with Crippen molar-refractivity contribution in [3.63, 3.8) is 0 Å². The van der Waals surface area contributed by atoms with Gasteiger partial charge in [0.25, 0.3) is 0 Å². The fourth-order valence-corrected chi connectivity index (χ4v) is 17.1. The molecule has 0 saturated carbocycles. The SMILES string of the molecule is CCCCCCCC/C=C\CCCCCCCC(=O)OCC(CN(C)C)OC(=O)CCCCCCC/C=C\CCCCCCCC.CCCCCCCC/C=C\CCCCCCCC(=O)OCC(CN(C)C)OC(=O)CCCCCCC/C=C\CCCCCCCC.CCCCCCCC/C=C\CCCCCCCC(=O)OCC(CN(C)C)OC(=O)CCCCCCC/C=C\CCCCCCCC.O=P(O)(O)O. The minimum atomic E-state index is -4.64. The first kappa shape index (κ1) is 144. The van der Waals surface area contributed by atoms with E-state index in [1.54, 1.807) is 0 Å². The molecule has 3 unspecified atom stereocenters. The van der Waals surface area contributed by atoms with E-state index < -0.39 is 26.1 Å². The number of hydrogen-bond acceptors (Lipinski definition) is 16. The van der Waals surface area contributed by atoms with Crippen molar-refractivity contribution in [2.24, 2.45) is 0 Å². The molecule has 0 aliphatic rings. The van der Waals surface area contributed by atoms with Crippen LogP contribution in [0, 0.1) is 0 Å². The van der Waals surface area contributed by atoms with Gasteiger partial charge in [0.2, 0.25) is 0 Å². The van der Waals surface area contributed by atoms with Crippen molar-refractivity contribution in [1.29, 1.82) is 0 Å². The van der Waals surface area contributed by atoms with Gasteiger partial charge in [0.15, 0.2) is 0 Å². The summed E-state index contributed by atoms with van der Waals surface area (Å²) in [6.45, 7) is 15.7. The number of nitrogens with zero attached hydrogens (tertiary/aromatic N) is 3. The quantitative estimate of drug-likeness (QED) is 0.0168. The van der Waals surface area contributed by atoms with Crippen LogP contribution in [0.25, 0.3) is 0 Å². The van der Waals surface area contributed by atoms with E-state index in [0.29, 0.717) is 58.2 Å². The molecule has 0 aromatic heterocycles. The normalized spacial score (nSPS) is 12.4. The van der Waals surface area contributed by atoms with Gasteiger partial charge in [-0.2, -0.15) is 0 Å². The van der Waals surface area contributed by atoms with E-state index in [2.05, 4.69) is 114 Å². The molecule has 0 heterocycles. The fourth-order valence-electron chi connectivity index (χ4n) is 17.1. The van der Waals surface area contributed by atoms with Crippen LogP contribution >= 0.6 is 7.82 Å². The topological polar surface area (TPSA) is 245 Å². The Bertz CT molecular complexity index is 2620. The molecule has 143 heavy (non-hydrogen) atoms. The maximum atomic E-state index is 12.4. The molecule has 20 heteroatoms. The monoisotopic (exact) mass is 2040 g/mol. The molecule has 0 aliphatic heterocycles. The lowest BCUT2D eigenvalue weighted by Crippen LogP contribution is -2.34. The van der Waals surface area contributed by atoms with Gasteiger partial charge in [-0.1, -0.05) is 423 Å². The van der Waals surface area contributed by atoms with Crippen LogP contribution in [0.15, 0.2) is 72.9 Å². The number of unbranched alkanes of at least 4 members (excludes halogenated alkanes) is 66. The number of phosphoric acid groups is 1. The first-order valence-electron chi connectivity index (χ1n) is 60.1. The number of carbonyl (C=O) groups is 6. The molecule has 0 aromatic carbocycles. The standard InChI is InChI=1S/3C41H77NO4.H3O4P/c3*1-5-7-9-11-13-15-17-19-21-23-25-27-29-31-33-35-40(43)45-38-39(37-42(3)4)46-41(44)36-34-32-30-28-26-24-22-20-18-16-14-12-10-8-6-2;1-5(2,3)4/h3*19-22,39H,5-18,23-38H2,1-4H3;(H3,1,2,3,4)/b3*21-19-,22-20-;. The van der Waals surface area contributed by atoms with Crippen molar-refractivity contribution in [3.05, 3.63) is 72.9 Å². The van der Waals surface area contributed by atoms with Crippen LogP contribution in [-0.4, -0.2) is 165 Å². The lowest BCUT2D eigenvalue weighted by Gasteiger charge is -2.21. The van der Waals surface area contributed by atoms with E-state index >= 15 is 0 Å². The summed E-state index contributed by atoms with van der Waals surface area (Å²) in [4.78, 5) is 102. The summed E-state index contributed by atoms with van der Waals surface area (Å²) in [7, 11) is 7.02. The maximum absolute atomic E-state index is 12.4. The number of likely N-dealkylation sites (N-methyl/N-ethyl adjacent to an activating group) is 3. The average Bonchev–Trinajstić information content (AvgIpc) is 0.948. The van der Waals surface area contributed by atoms with Crippen molar-refractivity contribution in [2.45, 2.75) is 599 Å². The average molecular weight is 2040 g/mol. The highest BCUT2D eigenvalue weighted by molar-refractivity contribution is 7.45. The molecule has 0 bridgehead atoms. The van der Waals surface area contributed by atoms with Gasteiger partial charge in [0.1, 0.15) is 38.1 Å². The van der Waals surface area contributed by atoms with Gasteiger partial charge >= 0.3 is 43.6 Å². The molecule has 3 atom stereocenters. The zero-order valence-corrected chi connectivity index (χ0v) is 96.6. The van der Waals surface area contributed by atoms with E-state index in [1.807, 2.05) is 57.0 Å². The van der Waals surface area contributed by atoms with Crippen molar-refractivity contribution in [2.75, 3.05) is 81.7 Å². The second-order valence-electron chi connectivity index (χ2n) is 41.7. The molecule has 0 aliphatic carbocycles. The van der Waals surface area contributed by atoms with Crippen molar-refractivity contribution < 1.29 is 76.4 Å². The van der Waals surface area contributed by atoms with Crippen LogP contribution in [0.2, 0.25) is 0 Å². The van der Waals surface area contributed by atoms with E-state index in [-0.39, 0.29) is 55.6 Å². The molecule has 0 saturated heterocycles. The summed E-state index contributed by atoms with van der Waals surface area (Å²) in [5, 5.41) is 0. The first-order chi connectivity index (χ1) is 69.5. The van der Waals surface area contributed by atoms with Crippen molar-refractivity contribution >= 4 is 43.6 Å². The van der Waals surface area contributed by atoms with Gasteiger partial charge in [-0.25, -0.2) is 4.57 Å². The Kier molecular flexibility index (Phi) is 122. The molecule has 0 fully saturated rings. The van der Waals surface area contributed by atoms with Crippen LogP contribution in [0.3, 0.4) is 0 Å². The van der Waals surface area contributed by atoms with Crippen molar-refractivity contribution in [3.8, 4) is 0 Å². The minimum absolute atomic E-state index is 0.139.